The lowest BCUT2D eigenvalue weighted by Crippen LogP contribution is -2.35. The van der Waals surface area contributed by atoms with Crippen molar-refractivity contribution in [1.29, 1.82) is 0 Å². The number of hydrogen-bond donors (Lipinski definition) is 0. The highest BCUT2D eigenvalue weighted by atomic mass is 127. The summed E-state index contributed by atoms with van der Waals surface area (Å²) >= 11 is 2.50. The van der Waals surface area contributed by atoms with Gasteiger partial charge >= 0.3 is 5.97 Å². The van der Waals surface area contributed by atoms with Crippen LogP contribution in [0.5, 0.6) is 0 Å². The third kappa shape index (κ3) is 4.59. The quantitative estimate of drug-likeness (QED) is 0.451. The molecule has 0 bridgehead atoms. The van der Waals surface area contributed by atoms with Crippen LogP contribution < -0.4 is 0 Å². The van der Waals surface area contributed by atoms with E-state index >= 15 is 0 Å². The first-order valence-corrected chi connectivity index (χ1v) is 6.49. The van der Waals surface area contributed by atoms with E-state index in [-0.39, 0.29) is 5.97 Å². The number of rotatable bonds is 4. The van der Waals surface area contributed by atoms with Crippen LogP contribution >= 0.6 is 22.6 Å². The molecule has 0 spiro atoms. The lowest BCUT2D eigenvalue weighted by Gasteiger charge is -2.28. The molecule has 0 N–H and O–H groups in total. The third-order valence-electron chi connectivity index (χ3n) is 2.45. The Kier molecular flexibility index (Phi) is 5.77. The SMILES string of the molecule is CCOC(=O)CCN1CCC(I)CC1. The van der Waals surface area contributed by atoms with Crippen LogP contribution in [0.3, 0.4) is 0 Å². The molecule has 1 saturated heterocycles. The van der Waals surface area contributed by atoms with Gasteiger partial charge in [-0.3, -0.25) is 4.79 Å². The molecular formula is C10H18INO2. The van der Waals surface area contributed by atoms with Crippen LogP contribution in [0.15, 0.2) is 0 Å². The summed E-state index contributed by atoms with van der Waals surface area (Å²) in [6.45, 7) is 5.47. The normalized spacial score (nSPS) is 19.6. The first-order chi connectivity index (χ1) is 6.72. The molecule has 1 aliphatic rings. The number of esters is 1. The van der Waals surface area contributed by atoms with Gasteiger partial charge in [-0.1, -0.05) is 22.6 Å². The highest BCUT2D eigenvalue weighted by molar-refractivity contribution is 14.1. The number of likely N-dealkylation sites (tertiary alicyclic amines) is 1. The maximum absolute atomic E-state index is 11.1. The Morgan fingerprint density at radius 1 is 1.50 bits per heavy atom. The molecule has 0 unspecified atom stereocenters. The molecule has 82 valence electrons. The number of carbonyl (C=O) groups is 1. The van der Waals surface area contributed by atoms with Crippen LogP contribution in [-0.2, 0) is 9.53 Å². The smallest absolute Gasteiger partial charge is 0.307 e. The molecule has 1 heterocycles. The fraction of sp³-hybridized carbons (Fsp3) is 0.900. The zero-order valence-corrected chi connectivity index (χ0v) is 10.8. The van der Waals surface area contributed by atoms with Gasteiger partial charge in [0.1, 0.15) is 0 Å². The largest absolute Gasteiger partial charge is 0.466 e. The molecule has 1 aliphatic heterocycles. The fourth-order valence-corrected chi connectivity index (χ4v) is 2.16. The van der Waals surface area contributed by atoms with Gasteiger partial charge in [0.25, 0.3) is 0 Å². The van der Waals surface area contributed by atoms with Crippen LogP contribution in [0.4, 0.5) is 0 Å². The fourth-order valence-electron chi connectivity index (χ4n) is 1.61. The summed E-state index contributed by atoms with van der Waals surface area (Å²) < 4.78 is 5.71. The molecule has 0 aromatic heterocycles. The van der Waals surface area contributed by atoms with Crippen molar-refractivity contribution in [3.8, 4) is 0 Å². The maximum atomic E-state index is 11.1. The molecule has 0 atom stereocenters. The second-order valence-corrected chi connectivity index (χ2v) is 5.33. The van der Waals surface area contributed by atoms with Crippen LogP contribution in [0.2, 0.25) is 0 Å². The van der Waals surface area contributed by atoms with Gasteiger partial charge in [-0.2, -0.15) is 0 Å². The van der Waals surface area contributed by atoms with Gasteiger partial charge in [-0.15, -0.1) is 0 Å². The second kappa shape index (κ2) is 6.61. The number of carbonyl (C=O) groups excluding carboxylic acids is 1. The Hall–Kier alpha value is 0.160. The van der Waals surface area contributed by atoms with Crippen molar-refractivity contribution in [1.82, 2.24) is 4.90 Å². The Morgan fingerprint density at radius 2 is 2.14 bits per heavy atom. The highest BCUT2D eigenvalue weighted by Crippen LogP contribution is 2.17. The molecule has 0 aromatic rings. The van der Waals surface area contributed by atoms with Crippen molar-refractivity contribution < 1.29 is 9.53 Å². The molecule has 0 saturated carbocycles. The standard InChI is InChI=1S/C10H18INO2/c1-2-14-10(13)5-8-12-6-3-9(11)4-7-12/h9H,2-8H2,1H3. The topological polar surface area (TPSA) is 29.5 Å². The van der Waals surface area contributed by atoms with E-state index in [0.717, 1.165) is 23.6 Å². The third-order valence-corrected chi connectivity index (χ3v) is 3.70. The minimum Gasteiger partial charge on any atom is -0.466 e. The highest BCUT2D eigenvalue weighted by Gasteiger charge is 2.17. The van der Waals surface area contributed by atoms with Gasteiger partial charge in [0.2, 0.25) is 0 Å². The number of nitrogens with zero attached hydrogens (tertiary/aromatic N) is 1. The van der Waals surface area contributed by atoms with E-state index < -0.39 is 0 Å². The van der Waals surface area contributed by atoms with Gasteiger partial charge in [0.15, 0.2) is 0 Å². The molecule has 0 aliphatic carbocycles. The first-order valence-electron chi connectivity index (χ1n) is 5.24. The van der Waals surface area contributed by atoms with Gasteiger partial charge in [0, 0.05) is 10.5 Å². The van der Waals surface area contributed by atoms with Crippen LogP contribution in [-0.4, -0.2) is 41.0 Å². The number of alkyl halides is 1. The Labute approximate surface area is 99.3 Å². The van der Waals surface area contributed by atoms with E-state index in [0.29, 0.717) is 13.0 Å². The monoisotopic (exact) mass is 311 g/mol. The molecule has 0 aromatic carbocycles. The number of hydrogen-bond acceptors (Lipinski definition) is 3. The summed E-state index contributed by atoms with van der Waals surface area (Å²) in [5.41, 5.74) is 0. The Balaban J connectivity index is 2.09. The number of ether oxygens (including phenoxy) is 1. The average molecular weight is 311 g/mol. The summed E-state index contributed by atoms with van der Waals surface area (Å²) in [6, 6.07) is 0. The van der Waals surface area contributed by atoms with E-state index in [9.17, 15) is 4.79 Å². The van der Waals surface area contributed by atoms with Gasteiger partial charge in [-0.25, -0.2) is 0 Å². The average Bonchev–Trinajstić information content (AvgIpc) is 2.17. The Bertz CT molecular complexity index is 179. The lowest BCUT2D eigenvalue weighted by molar-refractivity contribution is -0.143. The van der Waals surface area contributed by atoms with Crippen molar-refractivity contribution in [2.24, 2.45) is 0 Å². The molecule has 14 heavy (non-hydrogen) atoms. The van der Waals surface area contributed by atoms with Crippen molar-refractivity contribution in [3.63, 3.8) is 0 Å². The Morgan fingerprint density at radius 3 is 2.71 bits per heavy atom. The van der Waals surface area contributed by atoms with E-state index in [1.54, 1.807) is 0 Å². The molecule has 0 amide bonds. The van der Waals surface area contributed by atoms with Gasteiger partial charge < -0.3 is 9.64 Å². The lowest BCUT2D eigenvalue weighted by atomic mass is 10.1. The van der Waals surface area contributed by atoms with E-state index in [4.69, 9.17) is 4.74 Å². The summed E-state index contributed by atoms with van der Waals surface area (Å²) in [5.74, 6) is -0.0657. The number of halogens is 1. The van der Waals surface area contributed by atoms with Crippen molar-refractivity contribution in [2.75, 3.05) is 26.2 Å². The summed E-state index contributed by atoms with van der Waals surface area (Å²) in [5, 5.41) is 0. The van der Waals surface area contributed by atoms with Gasteiger partial charge in [0.05, 0.1) is 13.0 Å². The minimum absolute atomic E-state index is 0.0657. The predicted molar refractivity (Wildman–Crippen MR) is 64.7 cm³/mol. The minimum atomic E-state index is -0.0657. The molecular weight excluding hydrogens is 293 g/mol. The second-order valence-electron chi connectivity index (χ2n) is 3.57. The van der Waals surface area contributed by atoms with Crippen LogP contribution in [0, 0.1) is 0 Å². The van der Waals surface area contributed by atoms with E-state index in [1.807, 2.05) is 6.92 Å². The van der Waals surface area contributed by atoms with E-state index in [2.05, 4.69) is 27.5 Å². The predicted octanol–water partition coefficient (Wildman–Crippen LogP) is 1.84. The van der Waals surface area contributed by atoms with Crippen LogP contribution in [0.1, 0.15) is 26.2 Å². The molecule has 0 radical (unpaired) electrons. The van der Waals surface area contributed by atoms with Crippen molar-refractivity contribution in [3.05, 3.63) is 0 Å². The molecule has 4 heteroatoms. The zero-order valence-electron chi connectivity index (χ0n) is 8.67. The summed E-state index contributed by atoms with van der Waals surface area (Å²) in [6.07, 6.45) is 3.05. The van der Waals surface area contributed by atoms with E-state index in [1.165, 1.54) is 12.8 Å². The molecule has 3 nitrogen and oxygen atoms in total. The maximum Gasteiger partial charge on any atom is 0.307 e. The summed E-state index contributed by atoms with van der Waals surface area (Å²) in [7, 11) is 0. The summed E-state index contributed by atoms with van der Waals surface area (Å²) in [4.78, 5) is 13.5. The van der Waals surface area contributed by atoms with Crippen molar-refractivity contribution >= 4 is 28.6 Å². The zero-order chi connectivity index (χ0) is 10.4. The number of piperidine rings is 1. The molecule has 1 rings (SSSR count). The van der Waals surface area contributed by atoms with Crippen molar-refractivity contribution in [2.45, 2.75) is 30.1 Å². The first kappa shape index (κ1) is 12.2. The van der Waals surface area contributed by atoms with Gasteiger partial charge in [-0.05, 0) is 32.9 Å². The molecule has 1 fully saturated rings. The van der Waals surface area contributed by atoms with Crippen LogP contribution in [0.25, 0.3) is 0 Å².